The highest BCUT2D eigenvalue weighted by Gasteiger charge is 2.23. The van der Waals surface area contributed by atoms with Gasteiger partial charge in [-0.15, -0.1) is 0 Å². The predicted octanol–water partition coefficient (Wildman–Crippen LogP) is 26.1. The van der Waals surface area contributed by atoms with Crippen LogP contribution < -0.4 is 14.7 Å². The number of para-hydroxylation sites is 3. The lowest BCUT2D eigenvalue weighted by Gasteiger charge is -2.20. The van der Waals surface area contributed by atoms with E-state index in [2.05, 4.69) is 392 Å². The zero-order chi connectivity index (χ0) is 70.5. The highest BCUT2D eigenvalue weighted by atomic mass is 15.1. The molecule has 6 heteroatoms. The van der Waals surface area contributed by atoms with Gasteiger partial charge in [0.15, 0.2) is 0 Å². The maximum Gasteiger partial charge on any atom is 0.0541 e. The molecule has 0 spiro atoms. The van der Waals surface area contributed by atoms with Gasteiger partial charge in [-0.05, 0) is 265 Å². The number of nitrogens with zero attached hydrogens (tertiary/aromatic N) is 6. The van der Waals surface area contributed by atoms with Crippen molar-refractivity contribution in [2.24, 2.45) is 0 Å². The second kappa shape index (κ2) is 29.7. The first-order valence-corrected chi connectivity index (χ1v) is 36.8. The average Bonchev–Trinajstić information content (AvgIpc) is 1.60. The Bertz CT molecular complexity index is 5110. The van der Waals surface area contributed by atoms with E-state index < -0.39 is 0 Å². The Morgan fingerprint density at radius 2 is 0.495 bits per heavy atom. The van der Waals surface area contributed by atoms with Crippen LogP contribution in [0.4, 0.5) is 34.1 Å². The Kier molecular flexibility index (Phi) is 20.3. The Hall–Kier alpha value is -10.6. The third-order valence-electron chi connectivity index (χ3n) is 20.7. The molecule has 0 radical (unpaired) electrons. The number of aryl methyl sites for hydroxylation is 4. The van der Waals surface area contributed by atoms with E-state index in [1.165, 1.54) is 176 Å². The number of anilines is 6. The molecule has 101 heavy (non-hydrogen) atoms. The maximum absolute atomic E-state index is 2.44. The van der Waals surface area contributed by atoms with E-state index in [4.69, 9.17) is 0 Å². The fourth-order valence-electron chi connectivity index (χ4n) is 14.4. The van der Waals surface area contributed by atoms with Crippen LogP contribution in [0.2, 0.25) is 0 Å². The molecule has 0 amide bonds. The molecule has 0 aliphatic carbocycles. The summed E-state index contributed by atoms with van der Waals surface area (Å²) in [6.07, 6.45) is 9.33. The lowest BCUT2D eigenvalue weighted by atomic mass is 9.85. The van der Waals surface area contributed by atoms with Gasteiger partial charge in [0.25, 0.3) is 0 Å². The Morgan fingerprint density at radius 1 is 0.257 bits per heavy atom. The zero-order valence-corrected chi connectivity index (χ0v) is 61.8. The summed E-state index contributed by atoms with van der Waals surface area (Å²) in [5, 5.41) is 8.08. The van der Waals surface area contributed by atoms with Crippen LogP contribution in [-0.4, -0.2) is 34.8 Å². The van der Waals surface area contributed by atoms with Crippen molar-refractivity contribution in [2.45, 2.75) is 131 Å². The molecule has 0 bridgehead atoms. The van der Waals surface area contributed by atoms with Crippen LogP contribution in [0, 0.1) is 0 Å². The van der Waals surface area contributed by atoms with Crippen molar-refractivity contribution in [1.82, 2.24) is 13.7 Å². The van der Waals surface area contributed by atoms with Gasteiger partial charge in [-0.2, -0.15) is 0 Å². The molecule has 0 saturated carbocycles. The van der Waals surface area contributed by atoms with Crippen LogP contribution in [0.1, 0.15) is 128 Å². The lowest BCUT2D eigenvalue weighted by Crippen LogP contribution is -2.10. The number of aromatic nitrogens is 3. The van der Waals surface area contributed by atoms with Crippen molar-refractivity contribution in [1.29, 1.82) is 0 Å². The molecule has 0 unspecified atom stereocenters. The normalized spacial score (nSPS) is 11.7. The predicted molar refractivity (Wildman–Crippen MR) is 439 cm³/mol. The third kappa shape index (κ3) is 14.5. The van der Waals surface area contributed by atoms with Gasteiger partial charge >= 0.3 is 0 Å². The van der Waals surface area contributed by atoms with E-state index in [1.54, 1.807) is 0 Å². The molecule has 6 nitrogen and oxygen atoms in total. The van der Waals surface area contributed by atoms with Crippen molar-refractivity contribution >= 4 is 99.5 Å². The van der Waals surface area contributed by atoms with E-state index in [9.17, 15) is 0 Å². The summed E-state index contributed by atoms with van der Waals surface area (Å²) < 4.78 is 7.25. The summed E-state index contributed by atoms with van der Waals surface area (Å²) in [5.74, 6) is 0. The van der Waals surface area contributed by atoms with Crippen LogP contribution in [-0.2, 0) is 36.5 Å². The van der Waals surface area contributed by atoms with Gasteiger partial charge in [-0.3, -0.25) is 0 Å². The van der Waals surface area contributed by atoms with Gasteiger partial charge in [0.1, 0.15) is 0 Å². The summed E-state index contributed by atoms with van der Waals surface area (Å²) >= 11 is 0. The fourth-order valence-corrected chi connectivity index (χ4v) is 14.4. The Morgan fingerprint density at radius 3 is 0.752 bits per heavy atom. The lowest BCUT2D eigenvalue weighted by molar-refractivity contribution is 0.590. The second-order valence-electron chi connectivity index (χ2n) is 29.5. The Balaban J connectivity index is 0.000000136. The fraction of sp³-hybridized carbons (Fsp3) is 0.242. The number of rotatable bonds is 17. The van der Waals surface area contributed by atoms with Gasteiger partial charge in [0.2, 0.25) is 0 Å². The molecule has 0 atom stereocenters. The number of hydrogen-bond donors (Lipinski definition) is 0. The SMILES string of the molecule is CCCCc1ccc2c(c1)c1cc(CCCC)ccc1n2-c1ccc(N(C)c2ccccc2)cc1.CCc1ccc2c(c1)c1cc(CC)ccc1n2-c1ccc(N(C)c2ccccc2)cc1.CN(c1ccccc1)c1ccc(-n2c3ccc(C(C)(C)C)cc3c3cc(C(C)(C)C)ccc32)cc1. The van der Waals surface area contributed by atoms with Crippen LogP contribution in [0.15, 0.2) is 273 Å². The summed E-state index contributed by atoms with van der Waals surface area (Å²) in [5.41, 5.74) is 26.9. The number of unbranched alkanes of at least 4 members (excludes halogenated alkanes) is 2. The van der Waals surface area contributed by atoms with Crippen molar-refractivity contribution in [3.05, 3.63) is 306 Å². The van der Waals surface area contributed by atoms with Gasteiger partial charge in [-0.25, -0.2) is 0 Å². The number of benzene rings is 12. The highest BCUT2D eigenvalue weighted by molar-refractivity contribution is 6.12. The maximum atomic E-state index is 2.44. The van der Waals surface area contributed by atoms with Gasteiger partial charge < -0.3 is 28.4 Å². The van der Waals surface area contributed by atoms with E-state index in [1.807, 2.05) is 0 Å². The smallest absolute Gasteiger partial charge is 0.0541 e. The molecular formula is C95H100N6. The molecule has 0 fully saturated rings. The van der Waals surface area contributed by atoms with Crippen molar-refractivity contribution in [3.63, 3.8) is 0 Å². The third-order valence-corrected chi connectivity index (χ3v) is 20.7. The number of hydrogen-bond acceptors (Lipinski definition) is 3. The van der Waals surface area contributed by atoms with Crippen LogP contribution in [0.3, 0.4) is 0 Å². The molecule has 15 rings (SSSR count). The minimum absolute atomic E-state index is 0.105. The van der Waals surface area contributed by atoms with Gasteiger partial charge in [-0.1, -0.05) is 173 Å². The topological polar surface area (TPSA) is 24.5 Å². The van der Waals surface area contributed by atoms with Crippen LogP contribution >= 0.6 is 0 Å². The van der Waals surface area contributed by atoms with Gasteiger partial charge in [0, 0.05) is 105 Å². The van der Waals surface area contributed by atoms with E-state index in [-0.39, 0.29) is 10.8 Å². The number of fused-ring (bicyclic) bond motifs is 9. The average molecular weight is 1330 g/mol. The summed E-state index contributed by atoms with van der Waals surface area (Å²) in [4.78, 5) is 6.67. The van der Waals surface area contributed by atoms with Gasteiger partial charge in [0.05, 0.1) is 33.1 Å². The first-order chi connectivity index (χ1) is 48.9. The molecule has 3 heterocycles. The van der Waals surface area contributed by atoms with Crippen LogP contribution in [0.25, 0.3) is 82.5 Å². The van der Waals surface area contributed by atoms with Crippen molar-refractivity contribution in [3.8, 4) is 17.1 Å². The second-order valence-corrected chi connectivity index (χ2v) is 29.5. The standard InChI is InChI=1S/2C33H36N2.C29H28N2/c1-32(2,3)23-13-19-30-28(21-23)29-22-24(33(4,5)6)14-20-31(29)35(30)27-17-15-26(16-18-27)34(7)25-11-9-8-10-12-25;1-4-6-11-25-15-21-32-30(23-25)31-24-26(12-7-5-2)16-22-33(31)35(32)29-19-17-28(18-20-29)34(3)27-13-9-8-10-14-27;1-4-21-11-17-28-26(19-21)27-20-22(5-2)12-18-29(27)31(28)25-15-13-24(14-16-25)30(3)23-9-7-6-8-10-23/h8-22H,1-7H3;8-10,13-24H,4-7,11-12H2,1-3H3;6-20H,4-5H2,1-3H3. The van der Waals surface area contributed by atoms with Crippen molar-refractivity contribution < 1.29 is 0 Å². The summed E-state index contributed by atoms with van der Waals surface area (Å²) in [7, 11) is 6.36. The largest absolute Gasteiger partial charge is 0.345 e. The quantitative estimate of drug-likeness (QED) is 0.0908. The molecule has 3 aromatic heterocycles. The van der Waals surface area contributed by atoms with E-state index >= 15 is 0 Å². The molecule has 0 N–H and O–H groups in total. The molecule has 510 valence electrons. The molecule has 12 aromatic carbocycles. The minimum atomic E-state index is 0.105. The molecule has 15 aromatic rings. The molecular weight excluding hydrogens is 1230 g/mol. The highest BCUT2D eigenvalue weighted by Crippen LogP contribution is 2.41. The summed E-state index contributed by atoms with van der Waals surface area (Å²) in [6.45, 7) is 22.7. The zero-order valence-electron chi connectivity index (χ0n) is 61.8. The monoisotopic (exact) mass is 1320 g/mol. The Labute approximate surface area is 600 Å². The molecule has 0 aliphatic heterocycles. The first kappa shape index (κ1) is 68.9. The van der Waals surface area contributed by atoms with E-state index in [0.717, 1.165) is 25.7 Å². The van der Waals surface area contributed by atoms with Crippen molar-refractivity contribution in [2.75, 3.05) is 35.8 Å². The minimum Gasteiger partial charge on any atom is -0.345 e. The first-order valence-electron chi connectivity index (χ1n) is 36.8. The molecule has 0 saturated heterocycles. The van der Waals surface area contributed by atoms with E-state index in [0.29, 0.717) is 0 Å². The van der Waals surface area contributed by atoms with Crippen LogP contribution in [0.5, 0.6) is 0 Å². The summed E-state index contributed by atoms with van der Waals surface area (Å²) in [6, 6.07) is 100. The molecule has 0 aliphatic rings.